The van der Waals surface area contributed by atoms with Crippen molar-refractivity contribution in [1.82, 2.24) is 15.0 Å². The van der Waals surface area contributed by atoms with Crippen molar-refractivity contribution in [1.29, 1.82) is 0 Å². The van der Waals surface area contributed by atoms with Gasteiger partial charge in [-0.3, -0.25) is 10.1 Å². The molecule has 0 aliphatic heterocycles. The second-order valence-corrected chi connectivity index (χ2v) is 9.10. The molecule has 1 aliphatic rings. The van der Waals surface area contributed by atoms with Crippen LogP contribution in [0.15, 0.2) is 10.9 Å². The van der Waals surface area contributed by atoms with Gasteiger partial charge in [-0.05, 0) is 26.7 Å². The molecule has 1 saturated carbocycles. The van der Waals surface area contributed by atoms with Crippen LogP contribution in [0.5, 0.6) is 0 Å². The summed E-state index contributed by atoms with van der Waals surface area (Å²) in [5.41, 5.74) is 4.60. The Hall–Kier alpha value is -1.64. The number of rotatable bonds is 4. The molecule has 0 radical (unpaired) electrons. The molecule has 1 amide bonds. The Balaban J connectivity index is 1.52. The summed E-state index contributed by atoms with van der Waals surface area (Å²) in [6, 6.07) is 0. The maximum atomic E-state index is 12.7. The van der Waals surface area contributed by atoms with Crippen LogP contribution in [0.4, 0.5) is 5.13 Å². The van der Waals surface area contributed by atoms with Crippen LogP contribution in [0.3, 0.4) is 0 Å². The van der Waals surface area contributed by atoms with E-state index in [0.29, 0.717) is 11.0 Å². The summed E-state index contributed by atoms with van der Waals surface area (Å²) in [5, 5.41) is 6.57. The Morgan fingerprint density at radius 1 is 1.20 bits per heavy atom. The smallest absolute Gasteiger partial charge is 0.269 e. The topological polar surface area (TPSA) is 67.8 Å². The van der Waals surface area contributed by atoms with Crippen molar-refractivity contribution >= 4 is 45.0 Å². The third kappa shape index (κ3) is 3.38. The Kier molecular flexibility index (Phi) is 4.66. The molecule has 8 heteroatoms. The highest BCUT2D eigenvalue weighted by Gasteiger charge is 2.25. The first-order valence-corrected chi connectivity index (χ1v) is 10.8. The van der Waals surface area contributed by atoms with Crippen molar-refractivity contribution in [3.8, 4) is 10.6 Å². The predicted molar refractivity (Wildman–Crippen MR) is 104 cm³/mol. The molecule has 3 aromatic rings. The van der Waals surface area contributed by atoms with Gasteiger partial charge in [0.2, 0.25) is 0 Å². The summed E-state index contributed by atoms with van der Waals surface area (Å²) in [4.78, 5) is 28.0. The molecule has 1 N–H and O–H groups in total. The van der Waals surface area contributed by atoms with Crippen molar-refractivity contribution in [2.75, 3.05) is 5.32 Å². The van der Waals surface area contributed by atoms with Gasteiger partial charge in [0.25, 0.3) is 5.91 Å². The zero-order chi connectivity index (χ0) is 17.4. The van der Waals surface area contributed by atoms with Gasteiger partial charge in [-0.1, -0.05) is 12.8 Å². The van der Waals surface area contributed by atoms with E-state index in [1.54, 1.807) is 16.8 Å². The molecular weight excluding hydrogens is 372 g/mol. The Labute approximate surface area is 158 Å². The Morgan fingerprint density at radius 3 is 2.72 bits per heavy atom. The second kappa shape index (κ2) is 6.93. The monoisotopic (exact) mass is 390 g/mol. The van der Waals surface area contributed by atoms with E-state index in [1.165, 1.54) is 35.5 Å². The molecule has 3 heterocycles. The van der Waals surface area contributed by atoms with Crippen molar-refractivity contribution in [3.05, 3.63) is 32.2 Å². The number of nitrogens with zero attached hydrogens (tertiary/aromatic N) is 3. The van der Waals surface area contributed by atoms with Gasteiger partial charge in [-0.15, -0.1) is 34.0 Å². The minimum Gasteiger partial charge on any atom is -0.297 e. The number of carbonyl (C=O) groups is 1. The average molecular weight is 391 g/mol. The van der Waals surface area contributed by atoms with E-state index in [-0.39, 0.29) is 5.91 Å². The number of nitrogens with one attached hydrogen (secondary N) is 1. The Bertz CT molecular complexity index is 905. The minimum atomic E-state index is -0.0949. The number of anilines is 1. The molecular formula is C17H18N4OS3. The van der Waals surface area contributed by atoms with Gasteiger partial charge in [0.15, 0.2) is 5.13 Å². The molecule has 130 valence electrons. The lowest BCUT2D eigenvalue weighted by Crippen LogP contribution is -2.13. The maximum Gasteiger partial charge on any atom is 0.269 e. The summed E-state index contributed by atoms with van der Waals surface area (Å²) in [6.07, 6.45) is 4.73. The largest absolute Gasteiger partial charge is 0.297 e. The normalized spacial score (nSPS) is 15.0. The molecule has 3 aromatic heterocycles. The number of amides is 1. The van der Waals surface area contributed by atoms with E-state index in [9.17, 15) is 4.79 Å². The highest BCUT2D eigenvalue weighted by molar-refractivity contribution is 7.17. The van der Waals surface area contributed by atoms with Crippen molar-refractivity contribution in [2.24, 2.45) is 0 Å². The van der Waals surface area contributed by atoms with Crippen molar-refractivity contribution in [3.63, 3.8) is 0 Å². The number of thiazole rings is 3. The fourth-order valence-electron chi connectivity index (χ4n) is 3.27. The predicted octanol–water partition coefficient (Wildman–Crippen LogP) is 5.25. The first-order chi connectivity index (χ1) is 12.1. The van der Waals surface area contributed by atoms with E-state index < -0.39 is 0 Å². The molecule has 1 fully saturated rings. The summed E-state index contributed by atoms with van der Waals surface area (Å²) < 4.78 is 0. The number of aromatic nitrogens is 3. The quantitative estimate of drug-likeness (QED) is 0.660. The zero-order valence-electron chi connectivity index (χ0n) is 14.0. The fourth-order valence-corrected chi connectivity index (χ4v) is 5.69. The molecule has 0 aromatic carbocycles. The van der Waals surface area contributed by atoms with E-state index in [4.69, 9.17) is 0 Å². The van der Waals surface area contributed by atoms with Gasteiger partial charge < -0.3 is 0 Å². The SMILES string of the molecule is Cc1nc(C)c(-c2csc(NC(=O)c3scnc3C3CCCC3)n2)s1. The number of aryl methyl sites for hydroxylation is 2. The van der Waals surface area contributed by atoms with E-state index in [0.717, 1.165) is 44.7 Å². The van der Waals surface area contributed by atoms with Gasteiger partial charge in [0.1, 0.15) is 4.88 Å². The number of hydrogen-bond donors (Lipinski definition) is 1. The van der Waals surface area contributed by atoms with Crippen LogP contribution in [0.2, 0.25) is 0 Å². The van der Waals surface area contributed by atoms with Gasteiger partial charge in [0.05, 0.1) is 32.5 Å². The molecule has 0 bridgehead atoms. The first-order valence-electron chi connectivity index (χ1n) is 8.26. The summed E-state index contributed by atoms with van der Waals surface area (Å²) in [5.74, 6) is 0.337. The summed E-state index contributed by atoms with van der Waals surface area (Å²) >= 11 is 4.49. The molecule has 1 aliphatic carbocycles. The lowest BCUT2D eigenvalue weighted by molar-refractivity contribution is 0.102. The molecule has 5 nitrogen and oxygen atoms in total. The molecule has 25 heavy (non-hydrogen) atoms. The lowest BCUT2D eigenvalue weighted by atomic mass is 10.0. The molecule has 4 rings (SSSR count). The lowest BCUT2D eigenvalue weighted by Gasteiger charge is -2.08. The van der Waals surface area contributed by atoms with E-state index in [1.807, 2.05) is 19.2 Å². The third-order valence-corrected chi connectivity index (χ3v) is 7.10. The van der Waals surface area contributed by atoms with E-state index in [2.05, 4.69) is 20.3 Å². The van der Waals surface area contributed by atoms with Crippen LogP contribution >= 0.6 is 34.0 Å². The van der Waals surface area contributed by atoms with Gasteiger partial charge >= 0.3 is 0 Å². The number of hydrogen-bond acceptors (Lipinski definition) is 7. The summed E-state index contributed by atoms with van der Waals surface area (Å²) in [6.45, 7) is 3.98. The summed E-state index contributed by atoms with van der Waals surface area (Å²) in [7, 11) is 0. The van der Waals surface area contributed by atoms with Crippen molar-refractivity contribution < 1.29 is 4.79 Å². The fraction of sp³-hybridized carbons (Fsp3) is 0.412. The van der Waals surface area contributed by atoms with Gasteiger partial charge in [0, 0.05) is 11.3 Å². The Morgan fingerprint density at radius 2 is 2.00 bits per heavy atom. The zero-order valence-corrected chi connectivity index (χ0v) is 16.5. The van der Waals surface area contributed by atoms with Crippen LogP contribution < -0.4 is 5.32 Å². The molecule has 0 unspecified atom stereocenters. The number of carbonyl (C=O) groups excluding carboxylic acids is 1. The van der Waals surface area contributed by atoms with Crippen LogP contribution in [0, 0.1) is 13.8 Å². The van der Waals surface area contributed by atoms with Crippen LogP contribution in [0.1, 0.15) is 57.7 Å². The minimum absolute atomic E-state index is 0.0949. The van der Waals surface area contributed by atoms with Crippen LogP contribution in [-0.2, 0) is 0 Å². The van der Waals surface area contributed by atoms with Gasteiger partial charge in [-0.2, -0.15) is 0 Å². The highest BCUT2D eigenvalue weighted by atomic mass is 32.1. The van der Waals surface area contributed by atoms with Crippen molar-refractivity contribution in [2.45, 2.75) is 45.4 Å². The maximum absolute atomic E-state index is 12.7. The third-order valence-electron chi connectivity index (χ3n) is 4.40. The van der Waals surface area contributed by atoms with Crippen LogP contribution in [-0.4, -0.2) is 20.9 Å². The average Bonchev–Trinajstić information content (AvgIpc) is 3.33. The van der Waals surface area contributed by atoms with E-state index >= 15 is 0 Å². The van der Waals surface area contributed by atoms with Crippen LogP contribution in [0.25, 0.3) is 10.6 Å². The molecule has 0 saturated heterocycles. The first kappa shape index (κ1) is 16.8. The molecule has 0 atom stereocenters. The second-order valence-electron chi connectivity index (χ2n) is 6.19. The standard InChI is InChI=1S/C17H18N4OS3/c1-9-14(25-10(2)19-9)12-7-23-17(20-12)21-16(22)15-13(18-8-24-15)11-5-3-4-6-11/h7-8,11H,3-6H2,1-2H3,(H,20,21,22). The van der Waals surface area contributed by atoms with Gasteiger partial charge in [-0.25, -0.2) is 15.0 Å². The molecule has 0 spiro atoms. The highest BCUT2D eigenvalue weighted by Crippen LogP contribution is 2.37.